The molecule has 8 heteroatoms. The van der Waals surface area contributed by atoms with Gasteiger partial charge in [-0.3, -0.25) is 9.59 Å². The summed E-state index contributed by atoms with van der Waals surface area (Å²) in [5.74, 6) is -0.181. The smallest absolute Gasteiger partial charge is 0.407 e. The van der Waals surface area contributed by atoms with Crippen molar-refractivity contribution < 1.29 is 14.3 Å². The number of hydrogen-bond donors (Lipinski definition) is 3. The van der Waals surface area contributed by atoms with Crippen molar-refractivity contribution in [1.29, 1.82) is 5.26 Å². The number of carbonyl (C=O) groups excluding carboxylic acids is 2. The van der Waals surface area contributed by atoms with Crippen LogP contribution in [0.25, 0.3) is 0 Å². The molecule has 26 heavy (non-hydrogen) atoms. The fraction of sp³-hybridized carbons (Fsp3) is 0.556. The van der Waals surface area contributed by atoms with Gasteiger partial charge in [-0.2, -0.15) is 5.26 Å². The van der Waals surface area contributed by atoms with Crippen LogP contribution in [0.15, 0.2) is 4.79 Å². The Balaban J connectivity index is 2.46. The van der Waals surface area contributed by atoms with E-state index in [0.717, 1.165) is 5.56 Å². The van der Waals surface area contributed by atoms with Crippen molar-refractivity contribution in [3.8, 4) is 6.07 Å². The van der Waals surface area contributed by atoms with Gasteiger partial charge in [0.15, 0.2) is 0 Å². The second kappa shape index (κ2) is 9.04. The maximum Gasteiger partial charge on any atom is 0.407 e. The minimum Gasteiger partial charge on any atom is -0.444 e. The molecule has 0 aliphatic rings. The Morgan fingerprint density at radius 1 is 1.19 bits per heavy atom. The molecule has 1 heterocycles. The Hall–Kier alpha value is -2.82. The number of nitriles is 1. The van der Waals surface area contributed by atoms with Crippen LogP contribution in [0, 0.1) is 25.2 Å². The van der Waals surface area contributed by atoms with Crippen molar-refractivity contribution in [1.82, 2.24) is 15.6 Å². The predicted octanol–water partition coefficient (Wildman–Crippen LogP) is 1.44. The number of carbonyl (C=O) groups is 2. The van der Waals surface area contributed by atoms with E-state index in [2.05, 4.69) is 15.6 Å². The van der Waals surface area contributed by atoms with Crippen LogP contribution in [-0.2, 0) is 16.0 Å². The quantitative estimate of drug-likeness (QED) is 0.661. The molecule has 8 nitrogen and oxygen atoms in total. The molecule has 0 spiro atoms. The number of rotatable bonds is 6. The Morgan fingerprint density at radius 3 is 2.38 bits per heavy atom. The van der Waals surface area contributed by atoms with Crippen LogP contribution in [0.2, 0.25) is 0 Å². The highest BCUT2D eigenvalue weighted by atomic mass is 16.6. The van der Waals surface area contributed by atoms with Gasteiger partial charge in [-0.15, -0.1) is 0 Å². The monoisotopic (exact) mass is 362 g/mol. The predicted molar refractivity (Wildman–Crippen MR) is 96.8 cm³/mol. The third-order valence-electron chi connectivity index (χ3n) is 3.64. The number of ether oxygens (including phenoxy) is 1. The Bertz CT molecular complexity index is 769. The van der Waals surface area contributed by atoms with Crippen LogP contribution in [0.1, 0.15) is 49.6 Å². The summed E-state index contributed by atoms with van der Waals surface area (Å²) in [6, 6.07) is 1.89. The minimum absolute atomic E-state index is 0.0765. The Labute approximate surface area is 152 Å². The van der Waals surface area contributed by atoms with Crippen molar-refractivity contribution in [3.63, 3.8) is 0 Å². The number of aromatic nitrogens is 1. The molecule has 0 aliphatic carbocycles. The fourth-order valence-corrected chi connectivity index (χ4v) is 2.43. The molecule has 0 aromatic carbocycles. The van der Waals surface area contributed by atoms with Gasteiger partial charge in [0.1, 0.15) is 17.2 Å². The first-order valence-electron chi connectivity index (χ1n) is 8.41. The Kier molecular flexibility index (Phi) is 7.38. The van der Waals surface area contributed by atoms with Gasteiger partial charge in [-0.1, -0.05) is 0 Å². The van der Waals surface area contributed by atoms with Gasteiger partial charge in [0.2, 0.25) is 5.91 Å². The van der Waals surface area contributed by atoms with Gasteiger partial charge in [0.25, 0.3) is 5.56 Å². The number of nitrogens with zero attached hydrogens (tertiary/aromatic N) is 1. The van der Waals surface area contributed by atoms with Crippen molar-refractivity contribution >= 4 is 12.0 Å². The molecule has 0 unspecified atom stereocenters. The maximum atomic E-state index is 11.9. The molecule has 1 aromatic heterocycles. The van der Waals surface area contributed by atoms with Gasteiger partial charge in [0, 0.05) is 25.2 Å². The van der Waals surface area contributed by atoms with E-state index in [1.165, 1.54) is 0 Å². The molecular formula is C18H26N4O4. The zero-order valence-electron chi connectivity index (χ0n) is 15.9. The molecule has 142 valence electrons. The highest BCUT2D eigenvalue weighted by molar-refractivity contribution is 5.76. The summed E-state index contributed by atoms with van der Waals surface area (Å²) < 4.78 is 5.09. The molecule has 0 bridgehead atoms. The highest BCUT2D eigenvalue weighted by Gasteiger charge is 2.16. The normalized spacial score (nSPS) is 10.8. The minimum atomic E-state index is -0.567. The molecule has 1 rings (SSSR count). The standard InChI is InChI=1S/C18H26N4O4/c1-11-13(12(2)22-16(24)14(11)10-19)6-7-15(23)20-8-9-21-17(25)26-18(3,4)5/h6-9H2,1-5H3,(H,20,23)(H,21,25)(H,22,24). The average Bonchev–Trinajstić information content (AvgIpc) is 2.49. The summed E-state index contributed by atoms with van der Waals surface area (Å²) in [5.41, 5.74) is 1.15. The van der Waals surface area contributed by atoms with E-state index in [9.17, 15) is 14.4 Å². The molecule has 0 radical (unpaired) electrons. The molecular weight excluding hydrogens is 336 g/mol. The summed E-state index contributed by atoms with van der Waals surface area (Å²) in [6.45, 7) is 9.31. The molecule has 1 aromatic rings. The SMILES string of the molecule is Cc1[nH]c(=O)c(C#N)c(C)c1CCC(=O)NCCNC(=O)OC(C)(C)C. The number of pyridine rings is 1. The third kappa shape index (κ3) is 6.59. The molecule has 0 saturated heterocycles. The van der Waals surface area contributed by atoms with Crippen molar-refractivity contribution in [2.75, 3.05) is 13.1 Å². The fourth-order valence-electron chi connectivity index (χ4n) is 2.43. The summed E-state index contributed by atoms with van der Waals surface area (Å²) in [4.78, 5) is 37.7. The lowest BCUT2D eigenvalue weighted by atomic mass is 9.99. The lowest BCUT2D eigenvalue weighted by Gasteiger charge is -2.19. The second-order valence-electron chi connectivity index (χ2n) is 6.95. The van der Waals surface area contributed by atoms with Crippen molar-refractivity contribution in [3.05, 3.63) is 32.7 Å². The van der Waals surface area contributed by atoms with Gasteiger partial charge in [-0.05, 0) is 52.2 Å². The number of hydrogen-bond acceptors (Lipinski definition) is 5. The first kappa shape index (κ1) is 21.2. The molecule has 0 fully saturated rings. The zero-order chi connectivity index (χ0) is 19.9. The summed E-state index contributed by atoms with van der Waals surface area (Å²) in [7, 11) is 0. The van der Waals surface area contributed by atoms with Crippen LogP contribution in [0.4, 0.5) is 4.79 Å². The number of alkyl carbamates (subject to hydrolysis) is 1. The first-order chi connectivity index (χ1) is 12.0. The van der Waals surface area contributed by atoms with E-state index in [1.807, 2.05) is 6.07 Å². The highest BCUT2D eigenvalue weighted by Crippen LogP contribution is 2.14. The van der Waals surface area contributed by atoms with Crippen LogP contribution < -0.4 is 16.2 Å². The topological polar surface area (TPSA) is 124 Å². The van der Waals surface area contributed by atoms with Crippen LogP contribution in [0.3, 0.4) is 0 Å². The number of nitrogens with one attached hydrogen (secondary N) is 3. The van der Waals surface area contributed by atoms with Gasteiger partial charge >= 0.3 is 6.09 Å². The first-order valence-corrected chi connectivity index (χ1v) is 8.41. The zero-order valence-corrected chi connectivity index (χ0v) is 15.9. The maximum absolute atomic E-state index is 11.9. The van der Waals surface area contributed by atoms with E-state index in [-0.39, 0.29) is 31.0 Å². The van der Waals surface area contributed by atoms with Crippen LogP contribution >= 0.6 is 0 Å². The molecule has 0 atom stereocenters. The number of aromatic amines is 1. The van der Waals surface area contributed by atoms with E-state index >= 15 is 0 Å². The number of amides is 2. The van der Waals surface area contributed by atoms with E-state index in [1.54, 1.807) is 34.6 Å². The Morgan fingerprint density at radius 2 is 1.81 bits per heavy atom. The van der Waals surface area contributed by atoms with Crippen molar-refractivity contribution in [2.24, 2.45) is 0 Å². The van der Waals surface area contributed by atoms with E-state index in [4.69, 9.17) is 10.00 Å². The molecule has 2 amide bonds. The van der Waals surface area contributed by atoms with Gasteiger partial charge in [-0.25, -0.2) is 4.79 Å². The van der Waals surface area contributed by atoms with E-state index < -0.39 is 17.3 Å². The lowest BCUT2D eigenvalue weighted by molar-refractivity contribution is -0.121. The largest absolute Gasteiger partial charge is 0.444 e. The number of H-pyrrole nitrogens is 1. The van der Waals surface area contributed by atoms with Gasteiger partial charge in [0.05, 0.1) is 0 Å². The van der Waals surface area contributed by atoms with Crippen LogP contribution in [-0.4, -0.2) is 35.7 Å². The van der Waals surface area contributed by atoms with Crippen molar-refractivity contribution in [2.45, 2.75) is 53.1 Å². The molecule has 0 aliphatic heterocycles. The van der Waals surface area contributed by atoms with Crippen LogP contribution in [0.5, 0.6) is 0 Å². The lowest BCUT2D eigenvalue weighted by Crippen LogP contribution is -2.37. The summed E-state index contributed by atoms with van der Waals surface area (Å²) >= 11 is 0. The average molecular weight is 362 g/mol. The second-order valence-corrected chi connectivity index (χ2v) is 6.95. The summed E-state index contributed by atoms with van der Waals surface area (Å²) in [6.07, 6.45) is 0.0923. The summed E-state index contributed by atoms with van der Waals surface area (Å²) in [5, 5.41) is 14.3. The van der Waals surface area contributed by atoms with E-state index in [0.29, 0.717) is 17.7 Å². The third-order valence-corrected chi connectivity index (χ3v) is 3.64. The molecule has 0 saturated carbocycles. The molecule has 3 N–H and O–H groups in total. The van der Waals surface area contributed by atoms with Gasteiger partial charge < -0.3 is 20.4 Å². The number of aryl methyl sites for hydroxylation is 1.